The highest BCUT2D eigenvalue weighted by Crippen LogP contribution is 2.41. The van der Waals surface area contributed by atoms with Gasteiger partial charge in [-0.3, -0.25) is 0 Å². The zero-order valence-electron chi connectivity index (χ0n) is 20.6. The van der Waals surface area contributed by atoms with E-state index < -0.39 is 0 Å². The molecule has 3 aromatic rings. The van der Waals surface area contributed by atoms with E-state index >= 15 is 0 Å². The van der Waals surface area contributed by atoms with Crippen molar-refractivity contribution in [2.45, 2.75) is 64.8 Å². The van der Waals surface area contributed by atoms with E-state index in [0.29, 0.717) is 5.75 Å². The van der Waals surface area contributed by atoms with E-state index in [1.165, 1.54) is 11.1 Å². The van der Waals surface area contributed by atoms with Crippen LogP contribution in [0.15, 0.2) is 72.8 Å². The molecule has 0 saturated heterocycles. The van der Waals surface area contributed by atoms with Crippen LogP contribution >= 0.6 is 0 Å². The van der Waals surface area contributed by atoms with Crippen LogP contribution in [0.25, 0.3) is 0 Å². The van der Waals surface area contributed by atoms with Crippen molar-refractivity contribution < 1.29 is 9.84 Å². The third-order valence-corrected chi connectivity index (χ3v) is 5.46. The van der Waals surface area contributed by atoms with Crippen molar-refractivity contribution in [3.8, 4) is 11.5 Å². The van der Waals surface area contributed by atoms with E-state index in [-0.39, 0.29) is 16.9 Å². The number of benzene rings is 3. The predicted octanol–water partition coefficient (Wildman–Crippen LogP) is 6.92. The Labute approximate surface area is 194 Å². The van der Waals surface area contributed by atoms with Crippen molar-refractivity contribution in [3.05, 3.63) is 95.1 Å². The fourth-order valence-electron chi connectivity index (χ4n) is 3.56. The molecule has 0 heterocycles. The van der Waals surface area contributed by atoms with Gasteiger partial charge in [-0.15, -0.1) is 0 Å². The number of hydrogen-bond acceptors (Lipinski definition) is 3. The monoisotopic (exact) mass is 433 g/mol. The summed E-state index contributed by atoms with van der Waals surface area (Å²) in [6.07, 6.45) is 0.894. The van der Waals surface area contributed by atoms with Gasteiger partial charge in [-0.1, -0.05) is 102 Å². The van der Waals surface area contributed by atoms with Gasteiger partial charge in [-0.2, -0.15) is 0 Å². The molecule has 172 valence electrons. The summed E-state index contributed by atoms with van der Waals surface area (Å²) < 4.78 is 5.33. The zero-order chi connectivity index (χ0) is 23.9. The van der Waals surface area contributed by atoms with Gasteiger partial charge in [0.15, 0.2) is 0 Å². The fourth-order valence-corrected chi connectivity index (χ4v) is 3.56. The van der Waals surface area contributed by atoms with Gasteiger partial charge in [0, 0.05) is 17.2 Å². The predicted molar refractivity (Wildman–Crippen MR) is 136 cm³/mol. The second-order valence-electron chi connectivity index (χ2n) is 10.3. The molecule has 1 atom stereocenters. The number of phenolic OH excluding ortho intramolecular Hbond substituents is 1. The van der Waals surface area contributed by atoms with E-state index in [2.05, 4.69) is 65.8 Å². The first-order chi connectivity index (χ1) is 14.9. The first-order valence-electron chi connectivity index (χ1n) is 11.2. The lowest BCUT2D eigenvalue weighted by molar-refractivity contribution is 0.395. The largest absolute Gasteiger partial charge is 0.507 e. The Morgan fingerprint density at radius 3 is 1.62 bits per heavy atom. The smallest absolute Gasteiger partial charge is 0.123 e. The summed E-state index contributed by atoms with van der Waals surface area (Å²) in [6.45, 7) is 12.5. The van der Waals surface area contributed by atoms with Crippen LogP contribution in [0.5, 0.6) is 11.5 Å². The molecular formula is C29H39NO2. The van der Waals surface area contributed by atoms with E-state index in [1.54, 1.807) is 7.11 Å². The van der Waals surface area contributed by atoms with Crippen LogP contribution in [0.3, 0.4) is 0 Å². The minimum absolute atomic E-state index is 0.0913. The minimum atomic E-state index is -0.0986. The SMILES string of the molecule is COc1cc(C(C)(C)C)c(O)c(C(C)(C)C)c1.NC(Cc1ccccc1)c1ccccc1. The minimum Gasteiger partial charge on any atom is -0.507 e. The summed E-state index contributed by atoms with van der Waals surface area (Å²) in [6, 6.07) is 24.5. The maximum absolute atomic E-state index is 10.4. The van der Waals surface area contributed by atoms with Gasteiger partial charge in [0.1, 0.15) is 11.5 Å². The molecule has 3 N–H and O–H groups in total. The Kier molecular flexibility index (Phi) is 8.51. The average molecular weight is 434 g/mol. The molecule has 0 amide bonds. The summed E-state index contributed by atoms with van der Waals surface area (Å²) in [5.74, 6) is 1.20. The molecule has 3 rings (SSSR count). The third-order valence-electron chi connectivity index (χ3n) is 5.46. The van der Waals surface area contributed by atoms with Crippen molar-refractivity contribution in [3.63, 3.8) is 0 Å². The molecule has 0 spiro atoms. The number of aromatic hydroxyl groups is 1. The van der Waals surface area contributed by atoms with E-state index in [0.717, 1.165) is 23.3 Å². The molecule has 0 aliphatic heterocycles. The van der Waals surface area contributed by atoms with Crippen LogP contribution in [0.2, 0.25) is 0 Å². The van der Waals surface area contributed by atoms with Crippen molar-refractivity contribution in [2.24, 2.45) is 5.73 Å². The van der Waals surface area contributed by atoms with E-state index in [1.807, 2.05) is 48.5 Å². The van der Waals surface area contributed by atoms with Gasteiger partial charge < -0.3 is 15.6 Å². The summed E-state index contributed by atoms with van der Waals surface area (Å²) >= 11 is 0. The molecule has 0 fully saturated rings. The lowest BCUT2D eigenvalue weighted by atomic mass is 9.79. The van der Waals surface area contributed by atoms with Crippen molar-refractivity contribution in [2.75, 3.05) is 7.11 Å². The average Bonchev–Trinajstić information content (AvgIpc) is 2.74. The Morgan fingerprint density at radius 2 is 1.22 bits per heavy atom. The Morgan fingerprint density at radius 1 is 0.781 bits per heavy atom. The van der Waals surface area contributed by atoms with E-state index in [4.69, 9.17) is 10.5 Å². The van der Waals surface area contributed by atoms with Crippen LogP contribution in [0, 0.1) is 0 Å². The summed E-state index contributed by atoms with van der Waals surface area (Å²) in [7, 11) is 1.66. The lowest BCUT2D eigenvalue weighted by Crippen LogP contribution is -2.17. The number of hydrogen-bond donors (Lipinski definition) is 2. The van der Waals surface area contributed by atoms with Crippen LogP contribution in [-0.4, -0.2) is 12.2 Å². The number of methoxy groups -OCH3 is 1. The highest BCUT2D eigenvalue weighted by Gasteiger charge is 2.26. The van der Waals surface area contributed by atoms with Crippen LogP contribution in [0.4, 0.5) is 0 Å². The fraction of sp³-hybridized carbons (Fsp3) is 0.379. The Bertz CT molecular complexity index is 933. The summed E-state index contributed by atoms with van der Waals surface area (Å²) in [5, 5.41) is 10.4. The molecule has 0 bridgehead atoms. The molecule has 0 aliphatic rings. The first kappa shape index (κ1) is 25.5. The quantitative estimate of drug-likeness (QED) is 0.469. The Balaban J connectivity index is 0.000000228. The van der Waals surface area contributed by atoms with Gasteiger partial charge >= 0.3 is 0 Å². The summed E-state index contributed by atoms with van der Waals surface area (Å²) in [4.78, 5) is 0. The van der Waals surface area contributed by atoms with Crippen molar-refractivity contribution >= 4 is 0 Å². The van der Waals surface area contributed by atoms with E-state index in [9.17, 15) is 5.11 Å². The van der Waals surface area contributed by atoms with Gasteiger partial charge in [0.2, 0.25) is 0 Å². The van der Waals surface area contributed by atoms with Crippen LogP contribution in [-0.2, 0) is 17.3 Å². The molecule has 0 radical (unpaired) electrons. The Hall–Kier alpha value is -2.78. The molecule has 1 unspecified atom stereocenters. The molecule has 3 heteroatoms. The number of ether oxygens (including phenoxy) is 1. The first-order valence-corrected chi connectivity index (χ1v) is 11.2. The van der Waals surface area contributed by atoms with Gasteiger partial charge in [-0.05, 0) is 40.5 Å². The summed E-state index contributed by atoms with van der Waals surface area (Å²) in [5.41, 5.74) is 10.3. The van der Waals surface area contributed by atoms with Crippen LogP contribution < -0.4 is 10.5 Å². The molecule has 3 aromatic carbocycles. The van der Waals surface area contributed by atoms with Crippen molar-refractivity contribution in [1.82, 2.24) is 0 Å². The second-order valence-corrected chi connectivity index (χ2v) is 10.3. The van der Waals surface area contributed by atoms with Gasteiger partial charge in [-0.25, -0.2) is 0 Å². The molecule has 3 nitrogen and oxygen atoms in total. The topological polar surface area (TPSA) is 55.5 Å². The third kappa shape index (κ3) is 7.13. The molecular weight excluding hydrogens is 394 g/mol. The number of rotatable bonds is 4. The number of nitrogens with two attached hydrogens (primary N) is 1. The molecule has 0 aliphatic carbocycles. The van der Waals surface area contributed by atoms with Crippen molar-refractivity contribution in [1.29, 1.82) is 0 Å². The maximum atomic E-state index is 10.4. The lowest BCUT2D eigenvalue weighted by Gasteiger charge is -2.27. The van der Waals surface area contributed by atoms with Crippen LogP contribution in [0.1, 0.15) is 69.8 Å². The second kappa shape index (κ2) is 10.7. The zero-order valence-corrected chi connectivity index (χ0v) is 20.6. The highest BCUT2D eigenvalue weighted by atomic mass is 16.5. The van der Waals surface area contributed by atoms with Gasteiger partial charge in [0.25, 0.3) is 0 Å². The maximum Gasteiger partial charge on any atom is 0.123 e. The number of phenols is 1. The molecule has 32 heavy (non-hydrogen) atoms. The standard InChI is InChI=1S/C15H24O2.C14H15N/c1-14(2,3)11-8-10(17-7)9-12(13(11)16)15(4,5)6;15-14(13-9-5-2-6-10-13)11-12-7-3-1-4-8-12/h8-9,16H,1-7H3;1-10,14H,11,15H2. The molecule has 0 saturated carbocycles. The highest BCUT2D eigenvalue weighted by molar-refractivity contribution is 5.51. The molecule has 0 aromatic heterocycles. The normalized spacial score (nSPS) is 12.5. The van der Waals surface area contributed by atoms with Gasteiger partial charge in [0.05, 0.1) is 7.11 Å².